The van der Waals surface area contributed by atoms with Gasteiger partial charge in [0.15, 0.2) is 0 Å². The third-order valence-electron chi connectivity index (χ3n) is 3.03. The Morgan fingerprint density at radius 1 is 1.26 bits per heavy atom. The van der Waals surface area contributed by atoms with Crippen molar-refractivity contribution in [3.8, 4) is 0 Å². The molecule has 0 aliphatic heterocycles. The lowest BCUT2D eigenvalue weighted by Crippen LogP contribution is -2.20. The minimum Gasteiger partial charge on any atom is -0.388 e. The summed E-state index contributed by atoms with van der Waals surface area (Å²) in [5, 5.41) is 11.4. The first kappa shape index (κ1) is 14.3. The van der Waals surface area contributed by atoms with Crippen molar-refractivity contribution in [2.24, 2.45) is 5.73 Å². The molecule has 2 unspecified atom stereocenters. The Morgan fingerprint density at radius 3 is 2.63 bits per heavy atom. The molecule has 2 aromatic rings. The number of aliphatic hydroxyl groups excluding tert-OH is 1. The van der Waals surface area contributed by atoms with Crippen LogP contribution < -0.4 is 5.73 Å². The third kappa shape index (κ3) is 3.25. The van der Waals surface area contributed by atoms with Crippen molar-refractivity contribution in [2.45, 2.75) is 12.0 Å². The Balaban J connectivity index is 2.33. The summed E-state index contributed by atoms with van der Waals surface area (Å²) < 4.78 is 0. The second-order valence-electron chi connectivity index (χ2n) is 4.24. The molecular formula is C14H14Cl2N2O. The standard InChI is InChI=1S/C14H14Cl2N2O/c15-10-3-4-11(13(16)6-10)14(19)12(7-17)9-2-1-5-18-8-9/h1-6,8,12,14,19H,7,17H2. The summed E-state index contributed by atoms with van der Waals surface area (Å²) in [6.07, 6.45) is 2.59. The van der Waals surface area contributed by atoms with Gasteiger partial charge in [-0.2, -0.15) is 0 Å². The monoisotopic (exact) mass is 296 g/mol. The molecule has 1 aromatic heterocycles. The lowest BCUT2D eigenvalue weighted by atomic mass is 9.90. The summed E-state index contributed by atoms with van der Waals surface area (Å²) in [5.74, 6) is -0.257. The molecule has 5 heteroatoms. The van der Waals surface area contributed by atoms with E-state index in [0.29, 0.717) is 22.2 Å². The number of halogens is 2. The Morgan fingerprint density at radius 2 is 2.05 bits per heavy atom. The van der Waals surface area contributed by atoms with E-state index in [1.54, 1.807) is 30.6 Å². The predicted molar refractivity (Wildman–Crippen MR) is 77.5 cm³/mol. The maximum absolute atomic E-state index is 10.5. The van der Waals surface area contributed by atoms with Crippen molar-refractivity contribution < 1.29 is 5.11 Å². The molecule has 0 saturated carbocycles. The molecule has 2 atom stereocenters. The number of pyridine rings is 1. The molecule has 0 spiro atoms. The van der Waals surface area contributed by atoms with Crippen LogP contribution >= 0.6 is 23.2 Å². The molecule has 0 bridgehead atoms. The lowest BCUT2D eigenvalue weighted by molar-refractivity contribution is 0.147. The van der Waals surface area contributed by atoms with E-state index in [9.17, 15) is 5.11 Å². The minimum absolute atomic E-state index is 0.257. The second kappa shape index (κ2) is 6.35. The Kier molecular flexibility index (Phi) is 4.77. The highest BCUT2D eigenvalue weighted by Gasteiger charge is 2.23. The van der Waals surface area contributed by atoms with Crippen molar-refractivity contribution in [1.29, 1.82) is 0 Å². The molecule has 3 nitrogen and oxygen atoms in total. The molecule has 0 saturated heterocycles. The topological polar surface area (TPSA) is 59.1 Å². The van der Waals surface area contributed by atoms with Crippen LogP contribution in [0.5, 0.6) is 0 Å². The van der Waals surface area contributed by atoms with Gasteiger partial charge in [0.05, 0.1) is 6.10 Å². The van der Waals surface area contributed by atoms with Crippen molar-refractivity contribution in [3.05, 3.63) is 63.9 Å². The molecular weight excluding hydrogens is 283 g/mol. The number of hydrogen-bond acceptors (Lipinski definition) is 3. The first-order valence-electron chi connectivity index (χ1n) is 5.86. The number of aliphatic hydroxyl groups is 1. The number of nitrogens with two attached hydrogens (primary N) is 1. The molecule has 0 amide bonds. The predicted octanol–water partition coefficient (Wildman–Crippen LogP) is 3.16. The molecule has 0 aliphatic carbocycles. The maximum atomic E-state index is 10.5. The van der Waals surface area contributed by atoms with E-state index >= 15 is 0 Å². The van der Waals surface area contributed by atoms with Crippen LogP contribution in [0.15, 0.2) is 42.7 Å². The SMILES string of the molecule is NCC(c1cccnc1)C(O)c1ccc(Cl)cc1Cl. The van der Waals surface area contributed by atoms with Crippen molar-refractivity contribution in [1.82, 2.24) is 4.98 Å². The first-order chi connectivity index (χ1) is 9.13. The largest absolute Gasteiger partial charge is 0.388 e. The van der Waals surface area contributed by atoms with Gasteiger partial charge in [-0.3, -0.25) is 4.98 Å². The van der Waals surface area contributed by atoms with Gasteiger partial charge >= 0.3 is 0 Å². The number of rotatable bonds is 4. The number of benzene rings is 1. The molecule has 3 N–H and O–H groups in total. The van der Waals surface area contributed by atoms with E-state index in [2.05, 4.69) is 4.98 Å². The molecule has 1 aromatic carbocycles. The highest BCUT2D eigenvalue weighted by atomic mass is 35.5. The van der Waals surface area contributed by atoms with Crippen molar-refractivity contribution >= 4 is 23.2 Å². The molecule has 1 heterocycles. The fraction of sp³-hybridized carbons (Fsp3) is 0.214. The van der Waals surface area contributed by atoms with E-state index < -0.39 is 6.10 Å². The van der Waals surface area contributed by atoms with E-state index in [1.807, 2.05) is 12.1 Å². The highest BCUT2D eigenvalue weighted by Crippen LogP contribution is 2.34. The molecule has 19 heavy (non-hydrogen) atoms. The molecule has 0 radical (unpaired) electrons. The minimum atomic E-state index is -0.793. The van der Waals surface area contributed by atoms with Gasteiger partial charge in [0.2, 0.25) is 0 Å². The van der Waals surface area contributed by atoms with Gasteiger partial charge < -0.3 is 10.8 Å². The Bertz CT molecular complexity index is 548. The quantitative estimate of drug-likeness (QED) is 0.911. The summed E-state index contributed by atoms with van der Waals surface area (Å²) in [7, 11) is 0. The second-order valence-corrected chi connectivity index (χ2v) is 5.08. The van der Waals surface area contributed by atoms with Crippen LogP contribution in [0.1, 0.15) is 23.1 Å². The first-order valence-corrected chi connectivity index (χ1v) is 6.62. The average molecular weight is 297 g/mol. The van der Waals surface area contributed by atoms with Crippen LogP contribution in [-0.2, 0) is 0 Å². The highest BCUT2D eigenvalue weighted by molar-refractivity contribution is 6.35. The van der Waals surface area contributed by atoms with Crippen LogP contribution in [0.25, 0.3) is 0 Å². The van der Waals surface area contributed by atoms with Crippen LogP contribution in [-0.4, -0.2) is 16.6 Å². The zero-order chi connectivity index (χ0) is 13.8. The van der Waals surface area contributed by atoms with Gasteiger partial charge in [-0.1, -0.05) is 35.3 Å². The summed E-state index contributed by atoms with van der Waals surface area (Å²) in [4.78, 5) is 4.05. The summed E-state index contributed by atoms with van der Waals surface area (Å²) in [5.41, 5.74) is 7.26. The number of hydrogen-bond donors (Lipinski definition) is 2. The van der Waals surface area contributed by atoms with Crippen LogP contribution in [0.4, 0.5) is 0 Å². The lowest BCUT2D eigenvalue weighted by Gasteiger charge is -2.22. The smallest absolute Gasteiger partial charge is 0.0885 e. The van der Waals surface area contributed by atoms with Crippen LogP contribution in [0.3, 0.4) is 0 Å². The fourth-order valence-corrected chi connectivity index (χ4v) is 2.52. The molecule has 0 fully saturated rings. The summed E-state index contributed by atoms with van der Waals surface area (Å²) in [6.45, 7) is 0.297. The fourth-order valence-electron chi connectivity index (χ4n) is 2.00. The van der Waals surface area contributed by atoms with E-state index in [-0.39, 0.29) is 5.92 Å². The molecule has 0 aliphatic rings. The van der Waals surface area contributed by atoms with E-state index in [1.165, 1.54) is 0 Å². The number of nitrogens with zero attached hydrogens (tertiary/aromatic N) is 1. The zero-order valence-electron chi connectivity index (χ0n) is 10.1. The van der Waals surface area contributed by atoms with E-state index in [4.69, 9.17) is 28.9 Å². The van der Waals surface area contributed by atoms with Gasteiger partial charge in [-0.05, 0) is 29.3 Å². The summed E-state index contributed by atoms with van der Waals surface area (Å²) in [6, 6.07) is 8.72. The van der Waals surface area contributed by atoms with Crippen LogP contribution in [0.2, 0.25) is 10.0 Å². The van der Waals surface area contributed by atoms with Gasteiger partial charge in [0.25, 0.3) is 0 Å². The zero-order valence-corrected chi connectivity index (χ0v) is 11.6. The van der Waals surface area contributed by atoms with Crippen LogP contribution in [0, 0.1) is 0 Å². The average Bonchev–Trinajstić information content (AvgIpc) is 2.40. The van der Waals surface area contributed by atoms with Gasteiger partial charge in [0, 0.05) is 34.9 Å². The maximum Gasteiger partial charge on any atom is 0.0885 e. The third-order valence-corrected chi connectivity index (χ3v) is 3.59. The molecule has 100 valence electrons. The Hall–Kier alpha value is -1.13. The Labute approximate surface area is 122 Å². The van der Waals surface area contributed by atoms with Gasteiger partial charge in [-0.25, -0.2) is 0 Å². The van der Waals surface area contributed by atoms with E-state index in [0.717, 1.165) is 5.56 Å². The molecule has 2 rings (SSSR count). The summed E-state index contributed by atoms with van der Waals surface area (Å²) >= 11 is 12.0. The van der Waals surface area contributed by atoms with Crippen molar-refractivity contribution in [3.63, 3.8) is 0 Å². The van der Waals surface area contributed by atoms with Crippen molar-refractivity contribution in [2.75, 3.05) is 6.54 Å². The number of aromatic nitrogens is 1. The normalized spacial score (nSPS) is 14.1. The van der Waals surface area contributed by atoms with Gasteiger partial charge in [-0.15, -0.1) is 0 Å². The van der Waals surface area contributed by atoms with Gasteiger partial charge in [0.1, 0.15) is 0 Å².